The predicted molar refractivity (Wildman–Crippen MR) is 103 cm³/mol. The molecule has 8 heteroatoms. The molecule has 2 N–H and O–H groups in total. The average molecular weight is 370 g/mol. The number of carbonyl (C=O) groups is 1. The SMILES string of the molecule is CCn1nc(C)c([C@@H]2CC(=O)Nc3nc(N4CCCCC4)[nH]c(=O)c32)c1C. The molecule has 2 aromatic rings. The van der Waals surface area contributed by atoms with Crippen molar-refractivity contribution in [2.45, 2.75) is 58.9 Å². The molecule has 4 rings (SSSR count). The third-order valence-corrected chi connectivity index (χ3v) is 5.68. The Labute approximate surface area is 158 Å². The van der Waals surface area contributed by atoms with Crippen molar-refractivity contribution in [2.24, 2.45) is 0 Å². The normalized spacial score (nSPS) is 19.7. The summed E-state index contributed by atoms with van der Waals surface area (Å²) in [6.45, 7) is 8.46. The molecule has 0 radical (unpaired) electrons. The molecule has 2 aliphatic heterocycles. The Balaban J connectivity index is 1.82. The minimum absolute atomic E-state index is 0.113. The topological polar surface area (TPSA) is 95.9 Å². The maximum atomic E-state index is 13.0. The van der Waals surface area contributed by atoms with Crippen molar-refractivity contribution < 1.29 is 4.79 Å². The Morgan fingerprint density at radius 3 is 2.52 bits per heavy atom. The van der Waals surface area contributed by atoms with Gasteiger partial charge in [0.1, 0.15) is 5.82 Å². The van der Waals surface area contributed by atoms with Crippen LogP contribution in [0.4, 0.5) is 11.8 Å². The lowest BCUT2D eigenvalue weighted by Gasteiger charge is -2.29. The van der Waals surface area contributed by atoms with Crippen molar-refractivity contribution in [1.82, 2.24) is 19.7 Å². The zero-order valence-electron chi connectivity index (χ0n) is 16.1. The highest BCUT2D eigenvalue weighted by molar-refractivity contribution is 5.94. The van der Waals surface area contributed by atoms with Gasteiger partial charge in [0.2, 0.25) is 11.9 Å². The third kappa shape index (κ3) is 3.02. The summed E-state index contributed by atoms with van der Waals surface area (Å²) in [4.78, 5) is 35.1. The van der Waals surface area contributed by atoms with E-state index in [1.807, 2.05) is 25.5 Å². The van der Waals surface area contributed by atoms with Gasteiger partial charge in [-0.3, -0.25) is 19.3 Å². The highest BCUT2D eigenvalue weighted by atomic mass is 16.2. The summed E-state index contributed by atoms with van der Waals surface area (Å²) in [5, 5.41) is 7.38. The molecule has 144 valence electrons. The van der Waals surface area contributed by atoms with Crippen LogP contribution in [0.15, 0.2) is 4.79 Å². The van der Waals surface area contributed by atoms with E-state index in [2.05, 4.69) is 25.3 Å². The van der Waals surface area contributed by atoms with Crippen LogP contribution in [0.5, 0.6) is 0 Å². The lowest BCUT2D eigenvalue weighted by molar-refractivity contribution is -0.116. The van der Waals surface area contributed by atoms with Gasteiger partial charge in [0.25, 0.3) is 5.56 Å². The Morgan fingerprint density at radius 1 is 1.11 bits per heavy atom. The van der Waals surface area contributed by atoms with Crippen LogP contribution in [0.2, 0.25) is 0 Å². The molecule has 1 atom stereocenters. The number of amides is 1. The number of aromatic nitrogens is 4. The zero-order valence-corrected chi connectivity index (χ0v) is 16.1. The molecule has 1 amide bonds. The van der Waals surface area contributed by atoms with Crippen molar-refractivity contribution in [3.8, 4) is 0 Å². The first-order valence-corrected chi connectivity index (χ1v) is 9.72. The number of hydrogen-bond donors (Lipinski definition) is 2. The van der Waals surface area contributed by atoms with E-state index in [4.69, 9.17) is 0 Å². The van der Waals surface area contributed by atoms with Crippen molar-refractivity contribution in [3.05, 3.63) is 32.9 Å². The van der Waals surface area contributed by atoms with Gasteiger partial charge >= 0.3 is 0 Å². The van der Waals surface area contributed by atoms with E-state index in [-0.39, 0.29) is 23.8 Å². The van der Waals surface area contributed by atoms with Crippen LogP contribution in [0.3, 0.4) is 0 Å². The number of hydrogen-bond acceptors (Lipinski definition) is 5. The lowest BCUT2D eigenvalue weighted by atomic mass is 9.85. The number of nitrogens with zero attached hydrogens (tertiary/aromatic N) is 4. The predicted octanol–water partition coefficient (Wildman–Crippen LogP) is 2.07. The number of piperidine rings is 1. The Bertz CT molecular complexity index is 938. The summed E-state index contributed by atoms with van der Waals surface area (Å²) in [6.07, 6.45) is 3.61. The number of aromatic amines is 1. The standard InChI is InChI=1S/C19H26N6O2/c1-4-25-12(3)15(11(2)23-25)13-10-14(26)20-17-16(13)18(27)22-19(21-17)24-8-6-5-7-9-24/h13H,4-10H2,1-3H3,(H2,20,21,22,26,27)/t13-/m0/s1. The molecule has 0 saturated carbocycles. The maximum absolute atomic E-state index is 13.0. The minimum Gasteiger partial charge on any atom is -0.342 e. The van der Waals surface area contributed by atoms with Gasteiger partial charge in [0, 0.05) is 43.2 Å². The van der Waals surface area contributed by atoms with E-state index in [0.29, 0.717) is 17.3 Å². The number of aryl methyl sites for hydroxylation is 2. The van der Waals surface area contributed by atoms with E-state index in [1.54, 1.807) is 0 Å². The molecule has 0 bridgehead atoms. The van der Waals surface area contributed by atoms with E-state index < -0.39 is 0 Å². The van der Waals surface area contributed by atoms with Crippen molar-refractivity contribution in [2.75, 3.05) is 23.3 Å². The highest BCUT2D eigenvalue weighted by Gasteiger charge is 2.34. The van der Waals surface area contributed by atoms with Crippen LogP contribution in [0.25, 0.3) is 0 Å². The molecular weight excluding hydrogens is 344 g/mol. The summed E-state index contributed by atoms with van der Waals surface area (Å²) >= 11 is 0. The number of H-pyrrole nitrogens is 1. The number of rotatable bonds is 3. The molecule has 8 nitrogen and oxygen atoms in total. The monoisotopic (exact) mass is 370 g/mol. The number of carbonyl (C=O) groups excluding carboxylic acids is 1. The first-order chi connectivity index (χ1) is 13.0. The van der Waals surface area contributed by atoms with Gasteiger partial charge in [-0.1, -0.05) is 0 Å². The van der Waals surface area contributed by atoms with E-state index in [1.165, 1.54) is 6.42 Å². The van der Waals surface area contributed by atoms with Gasteiger partial charge < -0.3 is 10.2 Å². The molecule has 0 aromatic carbocycles. The number of fused-ring (bicyclic) bond motifs is 1. The summed E-state index contributed by atoms with van der Waals surface area (Å²) < 4.78 is 1.92. The van der Waals surface area contributed by atoms with Gasteiger partial charge in [-0.05, 0) is 40.0 Å². The second kappa shape index (κ2) is 6.83. The molecule has 1 fully saturated rings. The van der Waals surface area contributed by atoms with Gasteiger partial charge in [-0.2, -0.15) is 10.1 Å². The molecular formula is C19H26N6O2. The minimum atomic E-state index is -0.319. The second-order valence-electron chi connectivity index (χ2n) is 7.40. The summed E-state index contributed by atoms with van der Waals surface area (Å²) in [6, 6.07) is 0. The Kier molecular flexibility index (Phi) is 4.49. The van der Waals surface area contributed by atoms with Gasteiger partial charge in [0.05, 0.1) is 11.3 Å². The smallest absolute Gasteiger partial charge is 0.258 e. The van der Waals surface area contributed by atoms with E-state index in [0.717, 1.165) is 49.4 Å². The molecule has 2 aromatic heterocycles. The van der Waals surface area contributed by atoms with Crippen molar-refractivity contribution >= 4 is 17.7 Å². The molecule has 0 aliphatic carbocycles. The Morgan fingerprint density at radius 2 is 1.85 bits per heavy atom. The second-order valence-corrected chi connectivity index (χ2v) is 7.40. The summed E-state index contributed by atoms with van der Waals surface area (Å²) in [5.74, 6) is 0.514. The molecule has 0 unspecified atom stereocenters. The van der Waals surface area contributed by atoms with Crippen molar-refractivity contribution in [3.63, 3.8) is 0 Å². The molecule has 0 spiro atoms. The fourth-order valence-electron chi connectivity index (χ4n) is 4.38. The first kappa shape index (κ1) is 17.8. The van der Waals surface area contributed by atoms with Gasteiger partial charge in [0.15, 0.2) is 0 Å². The summed E-state index contributed by atoms with van der Waals surface area (Å²) in [5.41, 5.74) is 3.19. The van der Waals surface area contributed by atoms with Gasteiger partial charge in [-0.15, -0.1) is 0 Å². The van der Waals surface area contributed by atoms with Crippen LogP contribution >= 0.6 is 0 Å². The fraction of sp³-hybridized carbons (Fsp3) is 0.579. The maximum Gasteiger partial charge on any atom is 0.258 e. The quantitative estimate of drug-likeness (QED) is 0.862. The number of nitrogens with one attached hydrogen (secondary N) is 2. The Hall–Kier alpha value is -2.64. The molecule has 27 heavy (non-hydrogen) atoms. The van der Waals surface area contributed by atoms with E-state index >= 15 is 0 Å². The summed E-state index contributed by atoms with van der Waals surface area (Å²) in [7, 11) is 0. The largest absolute Gasteiger partial charge is 0.342 e. The number of anilines is 2. The van der Waals surface area contributed by atoms with Crippen molar-refractivity contribution in [1.29, 1.82) is 0 Å². The first-order valence-electron chi connectivity index (χ1n) is 9.72. The van der Waals surface area contributed by atoms with Gasteiger partial charge in [-0.25, -0.2) is 0 Å². The zero-order chi connectivity index (χ0) is 19.1. The fourth-order valence-corrected chi connectivity index (χ4v) is 4.38. The van der Waals surface area contributed by atoms with Crippen LogP contribution in [-0.4, -0.2) is 38.7 Å². The van der Waals surface area contributed by atoms with Crippen LogP contribution in [0.1, 0.15) is 61.0 Å². The molecule has 4 heterocycles. The average Bonchev–Trinajstić information content (AvgIpc) is 2.94. The lowest BCUT2D eigenvalue weighted by Crippen LogP contribution is -2.36. The molecule has 1 saturated heterocycles. The van der Waals surface area contributed by atoms with Crippen LogP contribution < -0.4 is 15.8 Å². The highest BCUT2D eigenvalue weighted by Crippen LogP contribution is 2.37. The van der Waals surface area contributed by atoms with E-state index in [9.17, 15) is 9.59 Å². The molecule has 2 aliphatic rings. The van der Waals surface area contributed by atoms with Crippen LogP contribution in [-0.2, 0) is 11.3 Å². The van der Waals surface area contributed by atoms with Crippen LogP contribution in [0, 0.1) is 13.8 Å². The third-order valence-electron chi connectivity index (χ3n) is 5.68.